The number of hydrogen-bond acceptors (Lipinski definition) is 2. The zero-order valence-electron chi connectivity index (χ0n) is 12.6. The van der Waals surface area contributed by atoms with Crippen LogP contribution in [-0.4, -0.2) is 16.2 Å². The molecule has 0 aromatic rings. The highest BCUT2D eigenvalue weighted by Gasteiger charge is 2.02. The maximum Gasteiger partial charge on any atom is 0.188 e. The van der Waals surface area contributed by atoms with E-state index in [1.54, 1.807) is 0 Å². The second-order valence-corrected chi connectivity index (χ2v) is 7.14. The van der Waals surface area contributed by atoms with Gasteiger partial charge < -0.3 is 0 Å². The summed E-state index contributed by atoms with van der Waals surface area (Å²) in [6.07, 6.45) is 15.0. The quantitative estimate of drug-likeness (QED) is 0.268. The molecule has 0 N–H and O–H groups in total. The topological polar surface area (TPSA) is 17.1 Å². The Labute approximate surface area is 132 Å². The number of halogens is 1. The van der Waals surface area contributed by atoms with Crippen molar-refractivity contribution >= 4 is 32.8 Å². The number of hydrogen-bond donors (Lipinski definition) is 0. The van der Waals surface area contributed by atoms with Crippen LogP contribution in [0, 0.1) is 0 Å². The van der Waals surface area contributed by atoms with Crippen molar-refractivity contribution in [1.82, 2.24) is 0 Å². The van der Waals surface area contributed by atoms with Gasteiger partial charge in [0.2, 0.25) is 0 Å². The van der Waals surface area contributed by atoms with Crippen LogP contribution in [0.25, 0.3) is 0 Å². The molecule has 0 atom stereocenters. The smallest absolute Gasteiger partial charge is 0.188 e. The number of alkyl halides is 1. The fourth-order valence-electron chi connectivity index (χ4n) is 2.03. The molecule has 0 aromatic heterocycles. The van der Waals surface area contributed by atoms with Gasteiger partial charge in [0, 0.05) is 17.5 Å². The Kier molecular flexibility index (Phi) is 17.0. The zero-order chi connectivity index (χ0) is 14.2. The van der Waals surface area contributed by atoms with Gasteiger partial charge in [-0.25, -0.2) is 0 Å². The average molecular weight is 351 g/mol. The molecule has 114 valence electrons. The van der Waals surface area contributed by atoms with Gasteiger partial charge in [-0.15, -0.1) is 0 Å². The Morgan fingerprint density at radius 2 is 1.42 bits per heavy atom. The Hall–Kier alpha value is 0.500. The first-order valence-electron chi connectivity index (χ1n) is 8.02. The minimum absolute atomic E-state index is 0.400. The second-order valence-electron chi connectivity index (χ2n) is 5.19. The first-order chi connectivity index (χ1) is 9.31. The van der Waals surface area contributed by atoms with Gasteiger partial charge in [0.15, 0.2) is 5.12 Å². The van der Waals surface area contributed by atoms with E-state index in [0.29, 0.717) is 5.12 Å². The minimum atomic E-state index is 0.400. The fourth-order valence-corrected chi connectivity index (χ4v) is 3.30. The van der Waals surface area contributed by atoms with Crippen LogP contribution in [-0.2, 0) is 4.79 Å². The zero-order valence-corrected chi connectivity index (χ0v) is 15.0. The molecule has 0 unspecified atom stereocenters. The van der Waals surface area contributed by atoms with E-state index in [0.717, 1.165) is 30.3 Å². The van der Waals surface area contributed by atoms with E-state index < -0.39 is 0 Å². The SMILES string of the molecule is CCCCCCCCCCCC(=O)SCCCCBr. The van der Waals surface area contributed by atoms with E-state index in [4.69, 9.17) is 0 Å². The van der Waals surface area contributed by atoms with Crippen LogP contribution in [0.5, 0.6) is 0 Å². The van der Waals surface area contributed by atoms with Crippen molar-refractivity contribution in [3.8, 4) is 0 Å². The molecule has 0 spiro atoms. The van der Waals surface area contributed by atoms with Crippen LogP contribution < -0.4 is 0 Å². The molecule has 0 fully saturated rings. The van der Waals surface area contributed by atoms with Crippen LogP contribution in [0.4, 0.5) is 0 Å². The fraction of sp³-hybridized carbons (Fsp3) is 0.938. The van der Waals surface area contributed by atoms with E-state index in [1.165, 1.54) is 69.5 Å². The predicted molar refractivity (Wildman–Crippen MR) is 92.3 cm³/mol. The molecule has 0 aliphatic heterocycles. The Morgan fingerprint density at radius 1 is 0.842 bits per heavy atom. The molecule has 19 heavy (non-hydrogen) atoms. The van der Waals surface area contributed by atoms with Gasteiger partial charge in [0.25, 0.3) is 0 Å². The van der Waals surface area contributed by atoms with Gasteiger partial charge in [0.05, 0.1) is 0 Å². The average Bonchev–Trinajstić information content (AvgIpc) is 2.42. The van der Waals surface area contributed by atoms with Crippen molar-refractivity contribution < 1.29 is 4.79 Å². The van der Waals surface area contributed by atoms with Gasteiger partial charge in [-0.3, -0.25) is 4.79 Å². The molecule has 0 rings (SSSR count). The first kappa shape index (κ1) is 19.5. The highest BCUT2D eigenvalue weighted by Crippen LogP contribution is 2.14. The van der Waals surface area contributed by atoms with Crippen molar-refractivity contribution in [3.05, 3.63) is 0 Å². The summed E-state index contributed by atoms with van der Waals surface area (Å²) in [7, 11) is 0. The van der Waals surface area contributed by atoms with Gasteiger partial charge in [0.1, 0.15) is 0 Å². The molecule has 0 aliphatic rings. The Balaban J connectivity index is 3.10. The normalized spacial score (nSPS) is 10.8. The van der Waals surface area contributed by atoms with E-state index in [2.05, 4.69) is 22.9 Å². The Morgan fingerprint density at radius 3 is 2.00 bits per heavy atom. The highest BCUT2D eigenvalue weighted by molar-refractivity contribution is 9.09. The van der Waals surface area contributed by atoms with Crippen LogP contribution >= 0.6 is 27.7 Å². The number of thioether (sulfide) groups is 1. The van der Waals surface area contributed by atoms with E-state index in [9.17, 15) is 4.79 Å². The molecular weight excluding hydrogens is 320 g/mol. The number of rotatable bonds is 14. The van der Waals surface area contributed by atoms with E-state index in [-0.39, 0.29) is 0 Å². The molecule has 0 bridgehead atoms. The summed E-state index contributed by atoms with van der Waals surface area (Å²) in [5.74, 6) is 1.00. The van der Waals surface area contributed by atoms with Crippen molar-refractivity contribution in [2.75, 3.05) is 11.1 Å². The van der Waals surface area contributed by atoms with Crippen molar-refractivity contribution in [3.63, 3.8) is 0 Å². The molecule has 0 saturated heterocycles. The summed E-state index contributed by atoms with van der Waals surface area (Å²) in [6.45, 7) is 2.26. The molecule has 0 amide bonds. The van der Waals surface area contributed by atoms with Crippen LogP contribution in [0.3, 0.4) is 0 Å². The van der Waals surface area contributed by atoms with E-state index >= 15 is 0 Å². The maximum absolute atomic E-state index is 11.6. The molecular formula is C16H31BrOS. The molecule has 3 heteroatoms. The Bertz CT molecular complexity index is 197. The molecule has 0 heterocycles. The summed E-state index contributed by atoms with van der Waals surface area (Å²) >= 11 is 4.94. The summed E-state index contributed by atoms with van der Waals surface area (Å²) in [6, 6.07) is 0. The predicted octanol–water partition coefficient (Wildman–Crippen LogP) is 6.34. The van der Waals surface area contributed by atoms with Crippen molar-refractivity contribution in [2.45, 2.75) is 84.0 Å². The second kappa shape index (κ2) is 16.6. The summed E-state index contributed by atoms with van der Waals surface area (Å²) in [4.78, 5) is 11.6. The monoisotopic (exact) mass is 350 g/mol. The molecule has 0 radical (unpaired) electrons. The standard InChI is InChI=1S/C16H31BrOS/c1-2-3-4-5-6-7-8-9-10-13-16(18)19-15-12-11-14-17/h2-15H2,1H3. The number of carbonyl (C=O) groups is 1. The van der Waals surface area contributed by atoms with Crippen LogP contribution in [0.1, 0.15) is 84.0 Å². The van der Waals surface area contributed by atoms with E-state index in [1.807, 2.05) is 0 Å². The first-order valence-corrected chi connectivity index (χ1v) is 10.1. The van der Waals surface area contributed by atoms with Gasteiger partial charge in [-0.2, -0.15) is 0 Å². The maximum atomic E-state index is 11.6. The highest BCUT2D eigenvalue weighted by atomic mass is 79.9. The summed E-state index contributed by atoms with van der Waals surface area (Å²) in [5, 5.41) is 1.46. The lowest BCUT2D eigenvalue weighted by molar-refractivity contribution is -0.111. The van der Waals surface area contributed by atoms with Crippen LogP contribution in [0.2, 0.25) is 0 Å². The summed E-state index contributed by atoms with van der Waals surface area (Å²) < 4.78 is 0. The van der Waals surface area contributed by atoms with Crippen molar-refractivity contribution in [2.24, 2.45) is 0 Å². The lowest BCUT2D eigenvalue weighted by Gasteiger charge is -2.02. The largest absolute Gasteiger partial charge is 0.287 e. The summed E-state index contributed by atoms with van der Waals surface area (Å²) in [5.41, 5.74) is 0. The molecule has 1 nitrogen and oxygen atoms in total. The van der Waals surface area contributed by atoms with Crippen molar-refractivity contribution in [1.29, 1.82) is 0 Å². The minimum Gasteiger partial charge on any atom is -0.287 e. The molecule has 0 aliphatic carbocycles. The number of unbranched alkanes of at least 4 members (excludes halogenated alkanes) is 9. The molecule has 0 saturated carbocycles. The third-order valence-corrected chi connectivity index (χ3v) is 4.86. The lowest BCUT2D eigenvalue weighted by atomic mass is 10.1. The number of carbonyl (C=O) groups excluding carboxylic acids is 1. The molecule has 0 aromatic carbocycles. The lowest BCUT2D eigenvalue weighted by Crippen LogP contribution is -1.94. The van der Waals surface area contributed by atoms with Gasteiger partial charge in [-0.05, 0) is 19.3 Å². The third-order valence-electron chi connectivity index (χ3n) is 3.28. The third kappa shape index (κ3) is 16.4. The van der Waals surface area contributed by atoms with Gasteiger partial charge in [-0.1, -0.05) is 86.0 Å². The van der Waals surface area contributed by atoms with Gasteiger partial charge >= 0.3 is 0 Å². The van der Waals surface area contributed by atoms with Crippen LogP contribution in [0.15, 0.2) is 0 Å².